The second-order valence-corrected chi connectivity index (χ2v) is 5.60. The van der Waals surface area contributed by atoms with Gasteiger partial charge in [0.1, 0.15) is 17.3 Å². The number of furan rings is 1. The van der Waals surface area contributed by atoms with Gasteiger partial charge >= 0.3 is 12.0 Å². The number of benzene rings is 1. The molecule has 0 fully saturated rings. The zero-order valence-electron chi connectivity index (χ0n) is 15.4. The highest BCUT2D eigenvalue weighted by atomic mass is 16.5. The Bertz CT molecular complexity index is 757. The van der Waals surface area contributed by atoms with Gasteiger partial charge in [-0.05, 0) is 42.8 Å². The van der Waals surface area contributed by atoms with Crippen LogP contribution in [0, 0.1) is 0 Å². The molecule has 2 rings (SSSR count). The Morgan fingerprint density at radius 3 is 2.50 bits per heavy atom. The molecule has 2 aromatic rings. The summed E-state index contributed by atoms with van der Waals surface area (Å²) in [7, 11) is 1.58. The van der Waals surface area contributed by atoms with Crippen LogP contribution in [-0.2, 0) is 20.9 Å². The summed E-state index contributed by atoms with van der Waals surface area (Å²) < 4.78 is 20.4. The largest absolute Gasteiger partial charge is 0.497 e. The fourth-order valence-corrected chi connectivity index (χ4v) is 2.08. The minimum absolute atomic E-state index is 0.0914. The number of imide groups is 1. The average molecular weight is 390 g/mol. The molecule has 0 unspecified atom stereocenters. The normalized spacial score (nSPS) is 10.0. The fourth-order valence-electron chi connectivity index (χ4n) is 2.08. The van der Waals surface area contributed by atoms with Crippen molar-refractivity contribution in [2.24, 2.45) is 0 Å². The summed E-state index contributed by atoms with van der Waals surface area (Å²) in [4.78, 5) is 34.7. The third-order valence-electron chi connectivity index (χ3n) is 3.47. The Kier molecular flexibility index (Phi) is 8.38. The first-order chi connectivity index (χ1) is 13.6. The van der Waals surface area contributed by atoms with Crippen LogP contribution in [0.25, 0.3) is 0 Å². The lowest BCUT2D eigenvalue weighted by molar-refractivity contribution is -0.148. The highest BCUT2D eigenvalue weighted by Gasteiger charge is 2.11. The SMILES string of the molecule is COc1ccc(OCCCC(=O)OCC(=O)NC(=O)NCc2ccco2)cc1. The quantitative estimate of drug-likeness (QED) is 0.471. The number of hydrogen-bond acceptors (Lipinski definition) is 7. The van der Waals surface area contributed by atoms with Crippen molar-refractivity contribution >= 4 is 17.9 Å². The topological polar surface area (TPSA) is 116 Å². The standard InChI is InChI=1S/C19H22N2O7/c1-25-14-6-8-15(9-7-14)26-11-3-5-18(23)28-13-17(22)21-19(24)20-12-16-4-2-10-27-16/h2,4,6-10H,3,5,11-13H2,1H3,(H2,20,21,22,24). The van der Waals surface area contributed by atoms with Gasteiger partial charge < -0.3 is 23.9 Å². The van der Waals surface area contributed by atoms with E-state index < -0.39 is 24.5 Å². The molecule has 0 atom stereocenters. The molecule has 9 nitrogen and oxygen atoms in total. The Hall–Kier alpha value is -3.49. The maximum atomic E-state index is 11.6. The monoisotopic (exact) mass is 390 g/mol. The van der Waals surface area contributed by atoms with E-state index in [2.05, 4.69) is 10.6 Å². The number of urea groups is 1. The van der Waals surface area contributed by atoms with E-state index in [1.165, 1.54) is 6.26 Å². The molecule has 3 amide bonds. The molecule has 150 valence electrons. The van der Waals surface area contributed by atoms with E-state index in [0.717, 1.165) is 5.75 Å². The number of rotatable bonds is 10. The summed E-state index contributed by atoms with van der Waals surface area (Å²) in [5.41, 5.74) is 0. The van der Waals surface area contributed by atoms with Crippen molar-refractivity contribution in [3.63, 3.8) is 0 Å². The van der Waals surface area contributed by atoms with Gasteiger partial charge in [-0.2, -0.15) is 0 Å². The van der Waals surface area contributed by atoms with E-state index >= 15 is 0 Å². The third kappa shape index (κ3) is 7.81. The maximum absolute atomic E-state index is 11.6. The summed E-state index contributed by atoms with van der Waals surface area (Å²) >= 11 is 0. The summed E-state index contributed by atoms with van der Waals surface area (Å²) in [6.07, 6.45) is 1.99. The van der Waals surface area contributed by atoms with Crippen molar-refractivity contribution in [2.75, 3.05) is 20.3 Å². The number of hydrogen-bond donors (Lipinski definition) is 2. The molecule has 2 N–H and O–H groups in total. The number of ether oxygens (including phenoxy) is 3. The third-order valence-corrected chi connectivity index (χ3v) is 3.47. The molecular weight excluding hydrogens is 368 g/mol. The van der Waals surface area contributed by atoms with Gasteiger partial charge in [0.2, 0.25) is 0 Å². The van der Waals surface area contributed by atoms with E-state index in [1.54, 1.807) is 43.5 Å². The van der Waals surface area contributed by atoms with Crippen LogP contribution >= 0.6 is 0 Å². The Labute approximate surface area is 161 Å². The summed E-state index contributed by atoms with van der Waals surface area (Å²) in [6.45, 7) is -0.0742. The van der Waals surface area contributed by atoms with Crippen LogP contribution in [-0.4, -0.2) is 38.2 Å². The molecule has 28 heavy (non-hydrogen) atoms. The molecule has 0 saturated heterocycles. The first-order valence-electron chi connectivity index (χ1n) is 8.59. The molecule has 1 heterocycles. The van der Waals surface area contributed by atoms with E-state index in [9.17, 15) is 14.4 Å². The van der Waals surface area contributed by atoms with Crippen molar-refractivity contribution in [1.82, 2.24) is 10.6 Å². The molecule has 9 heteroatoms. The molecule has 0 aliphatic carbocycles. The van der Waals surface area contributed by atoms with Gasteiger partial charge in [-0.1, -0.05) is 0 Å². The van der Waals surface area contributed by atoms with Gasteiger partial charge in [0.15, 0.2) is 6.61 Å². The van der Waals surface area contributed by atoms with Gasteiger partial charge in [0, 0.05) is 6.42 Å². The van der Waals surface area contributed by atoms with Crippen LogP contribution in [0.4, 0.5) is 4.79 Å². The van der Waals surface area contributed by atoms with Crippen molar-refractivity contribution in [3.05, 3.63) is 48.4 Å². The zero-order valence-corrected chi connectivity index (χ0v) is 15.4. The lowest BCUT2D eigenvalue weighted by Gasteiger charge is -2.08. The Balaban J connectivity index is 1.53. The average Bonchev–Trinajstić information content (AvgIpc) is 3.22. The smallest absolute Gasteiger partial charge is 0.321 e. The Morgan fingerprint density at radius 1 is 1.07 bits per heavy atom. The lowest BCUT2D eigenvalue weighted by atomic mass is 10.3. The fraction of sp³-hybridized carbons (Fsp3) is 0.316. The minimum atomic E-state index is -0.722. The predicted octanol–water partition coefficient (Wildman–Crippen LogP) is 2.02. The van der Waals surface area contributed by atoms with E-state index in [-0.39, 0.29) is 13.0 Å². The number of methoxy groups -OCH3 is 1. The van der Waals surface area contributed by atoms with Crippen LogP contribution in [0.15, 0.2) is 47.1 Å². The van der Waals surface area contributed by atoms with Crippen molar-refractivity contribution in [3.8, 4) is 11.5 Å². The van der Waals surface area contributed by atoms with Gasteiger partial charge in [-0.3, -0.25) is 14.9 Å². The number of carbonyl (C=O) groups is 3. The molecular formula is C19H22N2O7. The highest BCUT2D eigenvalue weighted by Crippen LogP contribution is 2.17. The molecule has 0 bridgehead atoms. The summed E-state index contributed by atoms with van der Waals surface area (Å²) in [5.74, 6) is 0.660. The van der Waals surface area contributed by atoms with E-state index in [0.29, 0.717) is 24.5 Å². The van der Waals surface area contributed by atoms with Crippen LogP contribution in [0.5, 0.6) is 11.5 Å². The van der Waals surface area contributed by atoms with Crippen LogP contribution < -0.4 is 20.1 Å². The summed E-state index contributed by atoms with van der Waals surface area (Å²) in [5, 5.41) is 4.49. The zero-order chi connectivity index (χ0) is 20.2. The second-order valence-electron chi connectivity index (χ2n) is 5.60. The van der Waals surface area contributed by atoms with E-state index in [4.69, 9.17) is 18.6 Å². The van der Waals surface area contributed by atoms with Crippen molar-refractivity contribution < 1.29 is 33.0 Å². The second kappa shape index (κ2) is 11.3. The van der Waals surface area contributed by atoms with Crippen molar-refractivity contribution in [2.45, 2.75) is 19.4 Å². The van der Waals surface area contributed by atoms with Gasteiger partial charge in [-0.25, -0.2) is 4.79 Å². The predicted molar refractivity (Wildman–Crippen MR) is 97.8 cm³/mol. The molecule has 1 aromatic carbocycles. The summed E-state index contributed by atoms with van der Waals surface area (Å²) in [6, 6.07) is 9.73. The number of nitrogens with one attached hydrogen (secondary N) is 2. The lowest BCUT2D eigenvalue weighted by Crippen LogP contribution is -2.41. The number of esters is 1. The molecule has 0 aliphatic rings. The van der Waals surface area contributed by atoms with Crippen LogP contribution in [0.2, 0.25) is 0 Å². The highest BCUT2D eigenvalue weighted by molar-refractivity contribution is 5.95. The molecule has 0 saturated carbocycles. The molecule has 0 aliphatic heterocycles. The number of amides is 3. The van der Waals surface area contributed by atoms with Gasteiger partial charge in [0.05, 0.1) is 26.5 Å². The maximum Gasteiger partial charge on any atom is 0.321 e. The number of carbonyl (C=O) groups excluding carboxylic acids is 3. The Morgan fingerprint density at radius 2 is 1.82 bits per heavy atom. The van der Waals surface area contributed by atoms with E-state index in [1.807, 2.05) is 0 Å². The minimum Gasteiger partial charge on any atom is -0.497 e. The first-order valence-corrected chi connectivity index (χ1v) is 8.59. The molecule has 0 spiro atoms. The van der Waals surface area contributed by atoms with Crippen molar-refractivity contribution in [1.29, 1.82) is 0 Å². The van der Waals surface area contributed by atoms with Gasteiger partial charge in [-0.15, -0.1) is 0 Å². The molecule has 0 radical (unpaired) electrons. The van der Waals surface area contributed by atoms with Crippen LogP contribution in [0.3, 0.4) is 0 Å². The van der Waals surface area contributed by atoms with Crippen LogP contribution in [0.1, 0.15) is 18.6 Å². The molecule has 1 aromatic heterocycles. The first kappa shape index (κ1) is 20.8. The van der Waals surface area contributed by atoms with Gasteiger partial charge in [0.25, 0.3) is 5.91 Å².